The van der Waals surface area contributed by atoms with Gasteiger partial charge in [-0.25, -0.2) is 13.4 Å². The summed E-state index contributed by atoms with van der Waals surface area (Å²) in [5, 5.41) is -0.738. The zero-order valence-corrected chi connectivity index (χ0v) is 8.85. The standard InChI is InChI=1S/C10H11NO3S/c12-15(13,10-6-14-8-11-10)7-9-4-2-1-3-5-9/h1-5,8,10H,6-7H2. The van der Waals surface area contributed by atoms with E-state index in [0.29, 0.717) is 0 Å². The molecular weight excluding hydrogens is 214 g/mol. The molecule has 1 aliphatic heterocycles. The topological polar surface area (TPSA) is 55.7 Å². The first-order valence-corrected chi connectivity index (χ1v) is 6.29. The Morgan fingerprint density at radius 3 is 2.67 bits per heavy atom. The first-order chi connectivity index (χ1) is 7.18. The Labute approximate surface area is 88.5 Å². The minimum absolute atomic E-state index is 0.0131. The highest BCUT2D eigenvalue weighted by Crippen LogP contribution is 2.14. The second kappa shape index (κ2) is 4.02. The molecule has 0 radical (unpaired) electrons. The van der Waals surface area contributed by atoms with Gasteiger partial charge in [0.1, 0.15) is 6.61 Å². The van der Waals surface area contributed by atoms with E-state index in [-0.39, 0.29) is 12.4 Å². The lowest BCUT2D eigenvalue weighted by atomic mass is 10.2. The minimum Gasteiger partial charge on any atom is -0.480 e. The van der Waals surface area contributed by atoms with Gasteiger partial charge in [-0.05, 0) is 5.56 Å². The summed E-state index contributed by atoms with van der Waals surface area (Å²) in [5.41, 5.74) is 0.777. The van der Waals surface area contributed by atoms with Gasteiger partial charge in [-0.1, -0.05) is 30.3 Å². The molecule has 5 heteroatoms. The second-order valence-electron chi connectivity index (χ2n) is 3.34. The van der Waals surface area contributed by atoms with Crippen molar-refractivity contribution in [3.8, 4) is 0 Å². The van der Waals surface area contributed by atoms with Crippen molar-refractivity contribution in [2.24, 2.45) is 4.99 Å². The van der Waals surface area contributed by atoms with Crippen LogP contribution < -0.4 is 0 Å². The van der Waals surface area contributed by atoms with Gasteiger partial charge in [0.25, 0.3) is 0 Å². The molecule has 1 heterocycles. The van der Waals surface area contributed by atoms with E-state index in [1.54, 1.807) is 12.1 Å². The molecule has 0 saturated heterocycles. The van der Waals surface area contributed by atoms with E-state index in [1.165, 1.54) is 6.40 Å². The third-order valence-electron chi connectivity index (χ3n) is 2.17. The van der Waals surface area contributed by atoms with Crippen molar-refractivity contribution in [1.29, 1.82) is 0 Å². The highest BCUT2D eigenvalue weighted by molar-refractivity contribution is 7.91. The van der Waals surface area contributed by atoms with Crippen molar-refractivity contribution in [2.45, 2.75) is 11.1 Å². The van der Waals surface area contributed by atoms with E-state index in [2.05, 4.69) is 4.99 Å². The fourth-order valence-corrected chi connectivity index (χ4v) is 2.75. The summed E-state index contributed by atoms with van der Waals surface area (Å²) in [5.74, 6) is 0.0131. The van der Waals surface area contributed by atoms with Crippen molar-refractivity contribution >= 4 is 16.2 Å². The van der Waals surface area contributed by atoms with Gasteiger partial charge in [-0.15, -0.1) is 0 Å². The summed E-state index contributed by atoms with van der Waals surface area (Å²) >= 11 is 0. The molecule has 1 atom stereocenters. The number of hydrogen-bond donors (Lipinski definition) is 0. The van der Waals surface area contributed by atoms with Crippen LogP contribution in [0.15, 0.2) is 35.3 Å². The molecule has 0 fully saturated rings. The minimum atomic E-state index is -3.24. The third-order valence-corrected chi connectivity index (χ3v) is 3.99. The predicted molar refractivity (Wildman–Crippen MR) is 57.3 cm³/mol. The van der Waals surface area contributed by atoms with Gasteiger partial charge in [0.2, 0.25) is 0 Å². The largest absolute Gasteiger partial charge is 0.480 e. The van der Waals surface area contributed by atoms with Crippen molar-refractivity contribution < 1.29 is 13.2 Å². The van der Waals surface area contributed by atoms with E-state index in [0.717, 1.165) is 5.56 Å². The lowest BCUT2D eigenvalue weighted by Crippen LogP contribution is -2.22. The first kappa shape index (κ1) is 10.2. The molecule has 1 unspecified atom stereocenters. The number of ether oxygens (including phenoxy) is 1. The Balaban J connectivity index is 2.15. The molecule has 80 valence electrons. The van der Waals surface area contributed by atoms with Crippen molar-refractivity contribution in [2.75, 3.05) is 6.61 Å². The quantitative estimate of drug-likeness (QED) is 0.770. The highest BCUT2D eigenvalue weighted by Gasteiger charge is 2.27. The van der Waals surface area contributed by atoms with Crippen LogP contribution in [-0.4, -0.2) is 26.8 Å². The monoisotopic (exact) mass is 225 g/mol. The average molecular weight is 225 g/mol. The number of nitrogens with zero attached hydrogens (tertiary/aromatic N) is 1. The Hall–Kier alpha value is -1.36. The van der Waals surface area contributed by atoms with Gasteiger partial charge >= 0.3 is 0 Å². The molecule has 2 rings (SSSR count). The summed E-state index contributed by atoms with van der Waals surface area (Å²) in [6, 6.07) is 9.07. The molecule has 0 saturated carbocycles. The summed E-state index contributed by atoms with van der Waals surface area (Å²) in [6.07, 6.45) is 1.20. The molecule has 0 amide bonds. The Morgan fingerprint density at radius 1 is 1.33 bits per heavy atom. The normalized spacial score (nSPS) is 20.1. The maximum atomic E-state index is 11.8. The van der Waals surface area contributed by atoms with Gasteiger partial charge in [-0.2, -0.15) is 0 Å². The lowest BCUT2D eigenvalue weighted by Gasteiger charge is -2.07. The van der Waals surface area contributed by atoms with Crippen LogP contribution in [0, 0.1) is 0 Å². The SMILES string of the molecule is O=S(=O)(Cc1ccccc1)C1COC=N1. The average Bonchev–Trinajstić information content (AvgIpc) is 2.71. The number of hydrogen-bond acceptors (Lipinski definition) is 4. The maximum absolute atomic E-state index is 11.8. The third kappa shape index (κ3) is 2.36. The molecule has 0 bridgehead atoms. The molecule has 0 aliphatic carbocycles. The Morgan fingerprint density at radius 2 is 2.07 bits per heavy atom. The van der Waals surface area contributed by atoms with Gasteiger partial charge in [-0.3, -0.25) is 0 Å². The van der Waals surface area contributed by atoms with E-state index in [9.17, 15) is 8.42 Å². The Bertz CT molecular complexity index is 453. The van der Waals surface area contributed by atoms with E-state index in [1.807, 2.05) is 18.2 Å². The van der Waals surface area contributed by atoms with Crippen LogP contribution in [0.4, 0.5) is 0 Å². The molecular formula is C10H11NO3S. The summed E-state index contributed by atoms with van der Waals surface area (Å²) in [6.45, 7) is 0.134. The lowest BCUT2D eigenvalue weighted by molar-refractivity contribution is 0.349. The molecule has 0 aromatic heterocycles. The Kier molecular flexibility index (Phi) is 2.73. The summed E-state index contributed by atoms with van der Waals surface area (Å²) in [7, 11) is -3.24. The van der Waals surface area contributed by atoms with Crippen LogP contribution >= 0.6 is 0 Å². The van der Waals surface area contributed by atoms with E-state index < -0.39 is 15.2 Å². The molecule has 0 N–H and O–H groups in total. The number of sulfone groups is 1. The van der Waals surface area contributed by atoms with Gasteiger partial charge in [0.15, 0.2) is 21.6 Å². The van der Waals surface area contributed by atoms with Crippen LogP contribution in [0.3, 0.4) is 0 Å². The van der Waals surface area contributed by atoms with E-state index in [4.69, 9.17) is 4.74 Å². The highest BCUT2D eigenvalue weighted by atomic mass is 32.2. The van der Waals surface area contributed by atoms with Crippen LogP contribution in [0.25, 0.3) is 0 Å². The zero-order valence-electron chi connectivity index (χ0n) is 8.04. The molecule has 1 aromatic rings. The van der Waals surface area contributed by atoms with Crippen LogP contribution in [0.5, 0.6) is 0 Å². The first-order valence-electron chi connectivity index (χ1n) is 4.57. The van der Waals surface area contributed by atoms with Gasteiger partial charge in [0, 0.05) is 0 Å². The summed E-state index contributed by atoms with van der Waals surface area (Å²) in [4.78, 5) is 3.77. The second-order valence-corrected chi connectivity index (χ2v) is 5.49. The van der Waals surface area contributed by atoms with Crippen LogP contribution in [-0.2, 0) is 20.3 Å². The predicted octanol–water partition coefficient (Wildman–Crippen LogP) is 0.986. The number of rotatable bonds is 3. The van der Waals surface area contributed by atoms with Gasteiger partial charge in [0.05, 0.1) is 5.75 Å². The van der Waals surface area contributed by atoms with Gasteiger partial charge < -0.3 is 4.74 Å². The molecule has 1 aromatic carbocycles. The number of aliphatic imine (C=N–C) groups is 1. The number of benzene rings is 1. The summed E-state index contributed by atoms with van der Waals surface area (Å²) < 4.78 is 28.4. The van der Waals surface area contributed by atoms with Crippen LogP contribution in [0.2, 0.25) is 0 Å². The van der Waals surface area contributed by atoms with Crippen molar-refractivity contribution in [3.05, 3.63) is 35.9 Å². The van der Waals surface area contributed by atoms with E-state index >= 15 is 0 Å². The van der Waals surface area contributed by atoms with Crippen LogP contribution in [0.1, 0.15) is 5.56 Å². The fourth-order valence-electron chi connectivity index (χ4n) is 1.38. The smallest absolute Gasteiger partial charge is 0.188 e. The molecule has 4 nitrogen and oxygen atoms in total. The molecule has 0 spiro atoms. The fraction of sp³-hybridized carbons (Fsp3) is 0.300. The molecule has 15 heavy (non-hydrogen) atoms. The maximum Gasteiger partial charge on any atom is 0.188 e. The van der Waals surface area contributed by atoms with Crippen molar-refractivity contribution in [1.82, 2.24) is 0 Å². The zero-order chi connectivity index (χ0) is 10.7. The molecule has 1 aliphatic rings. The van der Waals surface area contributed by atoms with Crippen molar-refractivity contribution in [3.63, 3.8) is 0 Å².